The molecular formula is C23H28F6N4O6. The van der Waals surface area contributed by atoms with Crippen LogP contribution in [0.2, 0.25) is 0 Å². The van der Waals surface area contributed by atoms with Crippen LogP contribution in [-0.2, 0) is 28.7 Å². The molecule has 2 heterocycles. The summed E-state index contributed by atoms with van der Waals surface area (Å²) in [4.78, 5) is 64.5. The Morgan fingerprint density at radius 2 is 1.77 bits per heavy atom. The smallest absolute Gasteiger partial charge is 0.356 e. The molecule has 4 fully saturated rings. The Kier molecular flexibility index (Phi) is 7.89. The predicted molar refractivity (Wildman–Crippen MR) is 117 cm³/mol. The molecule has 2 aliphatic carbocycles. The minimum atomic E-state index is -5.12. The number of ketones is 1. The second-order valence-electron chi connectivity index (χ2n) is 10.6. The monoisotopic (exact) mass is 570 g/mol. The number of carbonyl (C=O) groups is 5. The maximum Gasteiger partial charge on any atom is 0.522 e. The molecule has 10 nitrogen and oxygen atoms in total. The van der Waals surface area contributed by atoms with Gasteiger partial charge in [-0.2, -0.15) is 13.2 Å². The lowest BCUT2D eigenvalue weighted by Crippen LogP contribution is -2.58. The van der Waals surface area contributed by atoms with Crippen LogP contribution in [0.3, 0.4) is 0 Å². The van der Waals surface area contributed by atoms with E-state index in [4.69, 9.17) is 0 Å². The van der Waals surface area contributed by atoms with E-state index >= 15 is 0 Å². The number of nitrogens with zero attached hydrogens (tertiary/aromatic N) is 1. The fraction of sp³-hybridized carbons (Fsp3) is 0.783. The van der Waals surface area contributed by atoms with Crippen LogP contribution in [0.15, 0.2) is 0 Å². The normalized spacial score (nSPS) is 28.5. The van der Waals surface area contributed by atoms with Crippen LogP contribution >= 0.6 is 0 Å². The highest BCUT2D eigenvalue weighted by atomic mass is 19.4. The second kappa shape index (κ2) is 10.6. The standard InChI is InChI=1S/C23H28F6N4O6/c24-22(25,26)21(5-6-21)32-19(37)20(38)33-9-12-2-1-3-13(12)16(33)18(36)31-14(8-11-4-7-30-17(11)35)15(34)10-39-23(27,28)29/h11-14,16H,1-10H2,(H,30,35)(H,31,36)(H,32,37)/t11-,12-,13-,14?,16-/m0/s1. The van der Waals surface area contributed by atoms with E-state index in [0.29, 0.717) is 19.3 Å². The van der Waals surface area contributed by atoms with Gasteiger partial charge in [-0.3, -0.25) is 28.7 Å². The minimum absolute atomic E-state index is 0.0746. The Balaban J connectivity index is 1.50. The van der Waals surface area contributed by atoms with Gasteiger partial charge in [-0.1, -0.05) is 6.42 Å². The predicted octanol–water partition coefficient (Wildman–Crippen LogP) is 0.941. The zero-order chi connectivity index (χ0) is 28.8. The average Bonchev–Trinajstić information content (AvgIpc) is 3.13. The topological polar surface area (TPSA) is 134 Å². The van der Waals surface area contributed by atoms with Gasteiger partial charge in [0.15, 0.2) is 5.78 Å². The first-order valence-electron chi connectivity index (χ1n) is 12.6. The number of rotatable bonds is 8. The molecule has 5 atom stereocenters. The van der Waals surface area contributed by atoms with E-state index in [1.165, 1.54) is 0 Å². The number of amides is 4. The highest BCUT2D eigenvalue weighted by Crippen LogP contribution is 2.49. The Hall–Kier alpha value is -2.91. The third-order valence-corrected chi connectivity index (χ3v) is 8.03. The molecular weight excluding hydrogens is 542 g/mol. The number of hydrogen-bond donors (Lipinski definition) is 3. The van der Waals surface area contributed by atoms with Crippen molar-refractivity contribution in [2.75, 3.05) is 19.7 Å². The SMILES string of the molecule is O=C(NC1(C(F)(F)F)CC1)C(=O)N1C[C@@H]2CCC[C@@H]2[C@H]1C(=O)NC(C[C@@H]1CCNC1=O)C(=O)COC(F)(F)F. The number of fused-ring (bicyclic) bond motifs is 1. The maximum atomic E-state index is 13.4. The summed E-state index contributed by atoms with van der Waals surface area (Å²) in [6.45, 7) is -1.22. The van der Waals surface area contributed by atoms with E-state index < -0.39 is 78.0 Å². The zero-order valence-electron chi connectivity index (χ0n) is 20.6. The summed E-state index contributed by atoms with van der Waals surface area (Å²) >= 11 is 0. The van der Waals surface area contributed by atoms with Gasteiger partial charge >= 0.3 is 24.4 Å². The molecule has 0 aromatic heterocycles. The van der Waals surface area contributed by atoms with Crippen molar-refractivity contribution in [1.29, 1.82) is 0 Å². The molecule has 218 valence electrons. The van der Waals surface area contributed by atoms with E-state index in [1.807, 2.05) is 0 Å². The lowest BCUT2D eigenvalue weighted by Gasteiger charge is -2.29. The molecule has 16 heteroatoms. The number of nitrogens with one attached hydrogen (secondary N) is 3. The summed E-state index contributed by atoms with van der Waals surface area (Å²) in [7, 11) is 0. The molecule has 0 aromatic rings. The zero-order valence-corrected chi connectivity index (χ0v) is 20.6. The quantitative estimate of drug-likeness (QED) is 0.294. The highest BCUT2D eigenvalue weighted by molar-refractivity contribution is 6.35. The fourth-order valence-electron chi connectivity index (χ4n) is 5.79. The van der Waals surface area contributed by atoms with E-state index in [2.05, 4.69) is 15.4 Å². The minimum Gasteiger partial charge on any atom is -0.356 e. The molecule has 4 amide bonds. The molecule has 0 radical (unpaired) electrons. The number of halogens is 6. The van der Waals surface area contributed by atoms with Gasteiger partial charge in [0.05, 0.1) is 6.04 Å². The van der Waals surface area contributed by atoms with Crippen molar-refractivity contribution in [1.82, 2.24) is 20.9 Å². The third-order valence-electron chi connectivity index (χ3n) is 8.03. The van der Waals surface area contributed by atoms with Gasteiger partial charge in [0, 0.05) is 19.0 Å². The molecule has 4 rings (SSSR count). The maximum absolute atomic E-state index is 13.4. The van der Waals surface area contributed by atoms with Crippen molar-refractivity contribution in [2.24, 2.45) is 17.8 Å². The Morgan fingerprint density at radius 3 is 2.33 bits per heavy atom. The van der Waals surface area contributed by atoms with Crippen LogP contribution in [0.5, 0.6) is 0 Å². The number of likely N-dealkylation sites (tertiary alicyclic amines) is 1. The number of hydrogen-bond acceptors (Lipinski definition) is 6. The van der Waals surface area contributed by atoms with Crippen molar-refractivity contribution in [3.05, 3.63) is 0 Å². The van der Waals surface area contributed by atoms with Gasteiger partial charge in [-0.05, 0) is 50.4 Å². The number of carbonyl (C=O) groups excluding carboxylic acids is 5. The molecule has 2 saturated heterocycles. The van der Waals surface area contributed by atoms with Crippen molar-refractivity contribution in [3.63, 3.8) is 0 Å². The first-order chi connectivity index (χ1) is 18.1. The van der Waals surface area contributed by atoms with Crippen molar-refractivity contribution >= 4 is 29.4 Å². The Bertz CT molecular complexity index is 1030. The molecule has 2 aliphatic heterocycles. The molecule has 0 spiro atoms. The van der Waals surface area contributed by atoms with Gasteiger partial charge in [-0.25, -0.2) is 0 Å². The lowest BCUT2D eigenvalue weighted by molar-refractivity contribution is -0.321. The summed E-state index contributed by atoms with van der Waals surface area (Å²) in [5.74, 6) is -6.84. The molecule has 1 unspecified atom stereocenters. The molecule has 39 heavy (non-hydrogen) atoms. The van der Waals surface area contributed by atoms with Gasteiger partial charge in [0.2, 0.25) is 11.8 Å². The first-order valence-corrected chi connectivity index (χ1v) is 12.6. The van der Waals surface area contributed by atoms with Crippen LogP contribution < -0.4 is 16.0 Å². The van der Waals surface area contributed by atoms with E-state index in [9.17, 15) is 50.3 Å². The van der Waals surface area contributed by atoms with Crippen molar-refractivity contribution in [3.8, 4) is 0 Å². The lowest BCUT2D eigenvalue weighted by atomic mass is 9.92. The van der Waals surface area contributed by atoms with Gasteiger partial charge in [-0.15, -0.1) is 13.2 Å². The van der Waals surface area contributed by atoms with E-state index in [-0.39, 0.29) is 44.7 Å². The Morgan fingerprint density at radius 1 is 1.08 bits per heavy atom. The first kappa shape index (κ1) is 29.1. The number of alkyl halides is 6. The molecule has 3 N–H and O–H groups in total. The van der Waals surface area contributed by atoms with Crippen LogP contribution in [0, 0.1) is 17.8 Å². The van der Waals surface area contributed by atoms with E-state index in [0.717, 1.165) is 4.90 Å². The highest BCUT2D eigenvalue weighted by Gasteiger charge is 2.65. The fourth-order valence-corrected chi connectivity index (χ4v) is 5.79. The molecule has 4 aliphatic rings. The number of Topliss-reactive ketones (excluding diaryl/α,β-unsaturated/α-hetero) is 1. The van der Waals surface area contributed by atoms with Crippen molar-refractivity contribution in [2.45, 2.75) is 75.1 Å². The molecule has 2 saturated carbocycles. The summed E-state index contributed by atoms with van der Waals surface area (Å²) in [5, 5.41) is 6.61. The summed E-state index contributed by atoms with van der Waals surface area (Å²) in [6.07, 6.45) is -8.96. The number of ether oxygens (including phenoxy) is 1. The van der Waals surface area contributed by atoms with Gasteiger partial charge in [0.25, 0.3) is 0 Å². The molecule has 0 bridgehead atoms. The van der Waals surface area contributed by atoms with Crippen LogP contribution in [-0.4, -0.2) is 84.2 Å². The van der Waals surface area contributed by atoms with Crippen molar-refractivity contribution < 1.29 is 55.1 Å². The molecule has 0 aromatic carbocycles. The second-order valence-corrected chi connectivity index (χ2v) is 10.6. The third kappa shape index (κ3) is 6.30. The van der Waals surface area contributed by atoms with Gasteiger partial charge in [0.1, 0.15) is 18.2 Å². The summed E-state index contributed by atoms with van der Waals surface area (Å²) in [6, 6.07) is -2.90. The Labute approximate surface area is 218 Å². The summed E-state index contributed by atoms with van der Waals surface area (Å²) < 4.78 is 81.1. The summed E-state index contributed by atoms with van der Waals surface area (Å²) in [5.41, 5.74) is -2.50. The van der Waals surface area contributed by atoms with Crippen LogP contribution in [0.4, 0.5) is 26.3 Å². The van der Waals surface area contributed by atoms with Crippen LogP contribution in [0.1, 0.15) is 44.9 Å². The van der Waals surface area contributed by atoms with E-state index in [1.54, 1.807) is 5.32 Å². The van der Waals surface area contributed by atoms with Gasteiger partial charge < -0.3 is 20.9 Å². The van der Waals surface area contributed by atoms with Crippen LogP contribution in [0.25, 0.3) is 0 Å². The average molecular weight is 570 g/mol. The largest absolute Gasteiger partial charge is 0.522 e.